The highest BCUT2D eigenvalue weighted by Crippen LogP contribution is 2.41. The Labute approximate surface area is 73.1 Å². The zero-order valence-electron chi connectivity index (χ0n) is 7.46. The Hall–Kier alpha value is -0.600. The normalized spacial score (nSPS) is 27.8. The third kappa shape index (κ3) is 1.11. The van der Waals surface area contributed by atoms with E-state index in [1.165, 1.54) is 38.5 Å². The minimum atomic E-state index is 0.194. The van der Waals surface area contributed by atoms with Crippen LogP contribution in [0.1, 0.15) is 44.9 Å². The molecule has 1 saturated carbocycles. The van der Waals surface area contributed by atoms with Crippen LogP contribution < -0.4 is 0 Å². The van der Waals surface area contributed by atoms with Crippen molar-refractivity contribution in [2.45, 2.75) is 50.5 Å². The van der Waals surface area contributed by atoms with Crippen molar-refractivity contribution in [3.8, 4) is 0 Å². The van der Waals surface area contributed by atoms with Crippen LogP contribution in [-0.2, 0) is 0 Å². The van der Waals surface area contributed by atoms with Crippen molar-refractivity contribution in [3.05, 3.63) is 4.91 Å². The summed E-state index contributed by atoms with van der Waals surface area (Å²) in [7, 11) is 0. The highest BCUT2D eigenvalue weighted by molar-refractivity contribution is 4.95. The van der Waals surface area contributed by atoms with Crippen LogP contribution >= 0.6 is 0 Å². The van der Waals surface area contributed by atoms with Gasteiger partial charge in [0.2, 0.25) is 0 Å². The lowest BCUT2D eigenvalue weighted by molar-refractivity contribution is 0.0525. The Morgan fingerprint density at radius 3 is 2.17 bits per heavy atom. The van der Waals surface area contributed by atoms with E-state index in [-0.39, 0.29) is 5.54 Å². The van der Waals surface area contributed by atoms with Gasteiger partial charge in [-0.1, -0.05) is 12.8 Å². The molecule has 0 aromatic heterocycles. The summed E-state index contributed by atoms with van der Waals surface area (Å²) in [6, 6.07) is 0. The van der Waals surface area contributed by atoms with Gasteiger partial charge in [0.25, 0.3) is 0 Å². The van der Waals surface area contributed by atoms with Crippen molar-refractivity contribution in [1.29, 1.82) is 0 Å². The van der Waals surface area contributed by atoms with E-state index in [4.69, 9.17) is 0 Å². The fourth-order valence-corrected chi connectivity index (χ4v) is 2.75. The van der Waals surface area contributed by atoms with Gasteiger partial charge < -0.3 is 0 Å². The summed E-state index contributed by atoms with van der Waals surface area (Å²) in [5, 5.41) is 4.99. The van der Waals surface area contributed by atoms with Gasteiger partial charge in [-0.25, -0.2) is 0 Å². The molecular weight excluding hydrogens is 152 g/mol. The number of nitroso groups, excluding NO2 is 1. The number of hydrogen-bond acceptors (Lipinski definition) is 2. The van der Waals surface area contributed by atoms with Crippen LogP contribution in [0.2, 0.25) is 0 Å². The molecular formula is C9H16N2O. The summed E-state index contributed by atoms with van der Waals surface area (Å²) >= 11 is 0. The average molecular weight is 168 g/mol. The summed E-state index contributed by atoms with van der Waals surface area (Å²) in [5.74, 6) is 0. The van der Waals surface area contributed by atoms with Gasteiger partial charge >= 0.3 is 0 Å². The second kappa shape index (κ2) is 3.04. The maximum Gasteiger partial charge on any atom is 0.0611 e. The van der Waals surface area contributed by atoms with E-state index in [9.17, 15) is 4.91 Å². The summed E-state index contributed by atoms with van der Waals surface area (Å²) < 4.78 is 0. The van der Waals surface area contributed by atoms with Crippen molar-refractivity contribution >= 4 is 0 Å². The summed E-state index contributed by atoms with van der Waals surface area (Å²) in [6.45, 7) is 0.892. The topological polar surface area (TPSA) is 32.7 Å². The first-order valence-corrected chi connectivity index (χ1v) is 4.98. The van der Waals surface area contributed by atoms with Gasteiger partial charge in [0.1, 0.15) is 0 Å². The Kier molecular flexibility index (Phi) is 2.03. The average Bonchev–Trinajstić information content (AvgIpc) is 2.55. The molecule has 1 aliphatic carbocycles. The molecule has 1 heterocycles. The maximum absolute atomic E-state index is 10.6. The molecule has 0 bridgehead atoms. The molecule has 12 heavy (non-hydrogen) atoms. The quantitative estimate of drug-likeness (QED) is 0.563. The molecule has 1 spiro atoms. The van der Waals surface area contributed by atoms with Gasteiger partial charge in [-0.05, 0) is 32.1 Å². The van der Waals surface area contributed by atoms with Crippen LogP contribution in [0.15, 0.2) is 5.29 Å². The van der Waals surface area contributed by atoms with E-state index >= 15 is 0 Å². The molecule has 3 heteroatoms. The van der Waals surface area contributed by atoms with E-state index in [2.05, 4.69) is 5.29 Å². The molecule has 0 unspecified atom stereocenters. The monoisotopic (exact) mass is 168 g/mol. The van der Waals surface area contributed by atoms with Crippen LogP contribution in [0.25, 0.3) is 0 Å². The first kappa shape index (κ1) is 8.02. The highest BCUT2D eigenvalue weighted by Gasteiger charge is 2.41. The van der Waals surface area contributed by atoms with Gasteiger partial charge in [0.15, 0.2) is 0 Å². The summed E-state index contributed by atoms with van der Waals surface area (Å²) in [4.78, 5) is 10.6. The highest BCUT2D eigenvalue weighted by atomic mass is 16.3. The van der Waals surface area contributed by atoms with E-state index < -0.39 is 0 Å². The standard InChI is InChI=1S/C9H16N2O/c12-10-11-8-4-3-7-9(11)5-1-2-6-9/h1-8H2. The SMILES string of the molecule is O=NN1CCCCC12CCCC2. The maximum atomic E-state index is 10.6. The van der Waals surface area contributed by atoms with E-state index in [0.29, 0.717) is 0 Å². The zero-order valence-corrected chi connectivity index (χ0v) is 7.46. The summed E-state index contributed by atoms with van der Waals surface area (Å²) in [6.07, 6.45) is 8.58. The Morgan fingerprint density at radius 2 is 1.58 bits per heavy atom. The second-order valence-corrected chi connectivity index (χ2v) is 4.09. The minimum Gasteiger partial charge on any atom is -0.255 e. The van der Waals surface area contributed by atoms with Crippen molar-refractivity contribution in [1.82, 2.24) is 5.01 Å². The number of rotatable bonds is 1. The van der Waals surface area contributed by atoms with E-state index in [1.54, 1.807) is 0 Å². The van der Waals surface area contributed by atoms with Crippen LogP contribution in [-0.4, -0.2) is 17.1 Å². The molecule has 1 aliphatic heterocycles. The molecule has 68 valence electrons. The van der Waals surface area contributed by atoms with Crippen molar-refractivity contribution in [3.63, 3.8) is 0 Å². The van der Waals surface area contributed by atoms with Gasteiger partial charge in [-0.2, -0.15) is 0 Å². The van der Waals surface area contributed by atoms with Crippen LogP contribution in [0.3, 0.4) is 0 Å². The van der Waals surface area contributed by atoms with Gasteiger partial charge in [0, 0.05) is 6.54 Å². The minimum absolute atomic E-state index is 0.194. The van der Waals surface area contributed by atoms with Crippen molar-refractivity contribution < 1.29 is 0 Å². The first-order valence-electron chi connectivity index (χ1n) is 4.98. The lowest BCUT2D eigenvalue weighted by Crippen LogP contribution is -2.46. The van der Waals surface area contributed by atoms with E-state index in [1.807, 2.05) is 5.01 Å². The molecule has 0 N–H and O–H groups in total. The Balaban J connectivity index is 2.12. The van der Waals surface area contributed by atoms with Crippen molar-refractivity contribution in [2.75, 3.05) is 6.54 Å². The molecule has 1 saturated heterocycles. The third-order valence-corrected chi connectivity index (χ3v) is 3.44. The van der Waals surface area contributed by atoms with E-state index in [0.717, 1.165) is 13.0 Å². The molecule has 2 rings (SSSR count). The second-order valence-electron chi connectivity index (χ2n) is 4.09. The summed E-state index contributed by atoms with van der Waals surface area (Å²) in [5.41, 5.74) is 0.194. The predicted octanol–water partition coefficient (Wildman–Crippen LogP) is 2.47. The molecule has 3 nitrogen and oxygen atoms in total. The molecule has 0 atom stereocenters. The fraction of sp³-hybridized carbons (Fsp3) is 1.00. The smallest absolute Gasteiger partial charge is 0.0611 e. The first-order chi connectivity index (χ1) is 5.87. The Morgan fingerprint density at radius 1 is 1.00 bits per heavy atom. The van der Waals surface area contributed by atoms with Crippen LogP contribution in [0.4, 0.5) is 0 Å². The Bertz CT molecular complexity index is 175. The van der Waals surface area contributed by atoms with Gasteiger partial charge in [-0.15, -0.1) is 4.91 Å². The third-order valence-electron chi connectivity index (χ3n) is 3.44. The lowest BCUT2D eigenvalue weighted by Gasteiger charge is -2.40. The van der Waals surface area contributed by atoms with Gasteiger partial charge in [0.05, 0.1) is 10.8 Å². The largest absolute Gasteiger partial charge is 0.255 e. The lowest BCUT2D eigenvalue weighted by atomic mass is 9.87. The van der Waals surface area contributed by atoms with Gasteiger partial charge in [-0.3, -0.25) is 5.01 Å². The van der Waals surface area contributed by atoms with Crippen LogP contribution in [0, 0.1) is 4.91 Å². The number of nitrogens with zero attached hydrogens (tertiary/aromatic N) is 2. The predicted molar refractivity (Wildman–Crippen MR) is 47.6 cm³/mol. The number of hydrogen-bond donors (Lipinski definition) is 0. The molecule has 0 aromatic rings. The zero-order chi connectivity index (χ0) is 8.44. The van der Waals surface area contributed by atoms with Crippen molar-refractivity contribution in [2.24, 2.45) is 5.29 Å². The molecule has 2 aliphatic rings. The molecule has 0 radical (unpaired) electrons. The van der Waals surface area contributed by atoms with Crippen LogP contribution in [0.5, 0.6) is 0 Å². The molecule has 2 fully saturated rings. The molecule has 0 aromatic carbocycles. The number of piperidine rings is 1. The fourth-order valence-electron chi connectivity index (χ4n) is 2.75. The molecule has 0 amide bonds.